The summed E-state index contributed by atoms with van der Waals surface area (Å²) in [5, 5.41) is 14.6. The highest BCUT2D eigenvalue weighted by Crippen LogP contribution is 2.23. The van der Waals surface area contributed by atoms with Crippen molar-refractivity contribution in [2.45, 2.75) is 12.8 Å². The van der Waals surface area contributed by atoms with Crippen molar-refractivity contribution in [1.82, 2.24) is 4.98 Å². The zero-order valence-corrected chi connectivity index (χ0v) is 13.7. The van der Waals surface area contributed by atoms with Gasteiger partial charge in [0.1, 0.15) is 5.01 Å². The highest BCUT2D eigenvalue weighted by Gasteiger charge is 2.05. The van der Waals surface area contributed by atoms with Crippen LogP contribution in [-0.2, 0) is 11.2 Å². The standard InChI is InChI=1S/C19H15N3OS/c20-13-15-3-1-14(2-4-15)5-10-18(23)22-17-8-6-16(7-9-17)19-21-11-12-24-19/h1-4,6-9,11-12H,5,10H2,(H,22,23). The summed E-state index contributed by atoms with van der Waals surface area (Å²) in [6, 6.07) is 17.1. The van der Waals surface area contributed by atoms with Crippen LogP contribution in [0.5, 0.6) is 0 Å². The quantitative estimate of drug-likeness (QED) is 0.759. The summed E-state index contributed by atoms with van der Waals surface area (Å²) in [5.41, 5.74) is 3.49. The molecule has 0 radical (unpaired) electrons. The van der Waals surface area contributed by atoms with Crippen LogP contribution >= 0.6 is 11.3 Å². The van der Waals surface area contributed by atoms with Gasteiger partial charge in [-0.15, -0.1) is 11.3 Å². The van der Waals surface area contributed by atoms with Crippen molar-refractivity contribution in [2.75, 3.05) is 5.32 Å². The number of thiazole rings is 1. The van der Waals surface area contributed by atoms with Crippen molar-refractivity contribution in [3.63, 3.8) is 0 Å². The van der Waals surface area contributed by atoms with Crippen LogP contribution in [-0.4, -0.2) is 10.9 Å². The molecule has 0 spiro atoms. The second-order valence-electron chi connectivity index (χ2n) is 5.27. The number of carbonyl (C=O) groups is 1. The molecule has 0 fully saturated rings. The maximum absolute atomic E-state index is 12.0. The summed E-state index contributed by atoms with van der Waals surface area (Å²) >= 11 is 1.59. The van der Waals surface area contributed by atoms with Gasteiger partial charge in [-0.05, 0) is 48.4 Å². The molecule has 0 aliphatic carbocycles. The largest absolute Gasteiger partial charge is 0.326 e. The molecule has 4 nitrogen and oxygen atoms in total. The molecule has 1 amide bonds. The van der Waals surface area contributed by atoms with Crippen LogP contribution in [0.25, 0.3) is 10.6 Å². The molecule has 0 unspecified atom stereocenters. The van der Waals surface area contributed by atoms with Crippen LogP contribution in [0.4, 0.5) is 5.69 Å². The van der Waals surface area contributed by atoms with Gasteiger partial charge in [0.2, 0.25) is 5.91 Å². The van der Waals surface area contributed by atoms with Crippen LogP contribution < -0.4 is 5.32 Å². The maximum atomic E-state index is 12.0. The summed E-state index contributed by atoms with van der Waals surface area (Å²) in [7, 11) is 0. The molecular weight excluding hydrogens is 318 g/mol. The van der Waals surface area contributed by atoms with Gasteiger partial charge < -0.3 is 5.32 Å². The fourth-order valence-corrected chi connectivity index (χ4v) is 2.93. The number of rotatable bonds is 5. The van der Waals surface area contributed by atoms with Crippen molar-refractivity contribution in [1.29, 1.82) is 5.26 Å². The number of nitrogens with zero attached hydrogens (tertiary/aromatic N) is 2. The molecule has 0 saturated heterocycles. The minimum atomic E-state index is -0.0265. The SMILES string of the molecule is N#Cc1ccc(CCC(=O)Nc2ccc(-c3nccs3)cc2)cc1. The van der Waals surface area contributed by atoms with Crippen LogP contribution in [0.2, 0.25) is 0 Å². The lowest BCUT2D eigenvalue weighted by Crippen LogP contribution is -2.12. The Kier molecular flexibility index (Phi) is 4.99. The van der Waals surface area contributed by atoms with E-state index >= 15 is 0 Å². The Balaban J connectivity index is 1.53. The zero-order valence-electron chi connectivity index (χ0n) is 12.9. The normalized spacial score (nSPS) is 10.1. The fraction of sp³-hybridized carbons (Fsp3) is 0.105. The third kappa shape index (κ3) is 4.06. The summed E-state index contributed by atoms with van der Waals surface area (Å²) < 4.78 is 0. The van der Waals surface area contributed by atoms with Crippen molar-refractivity contribution in [3.05, 3.63) is 71.2 Å². The smallest absolute Gasteiger partial charge is 0.224 e. The van der Waals surface area contributed by atoms with Gasteiger partial charge in [0.05, 0.1) is 11.6 Å². The number of hydrogen-bond donors (Lipinski definition) is 1. The van der Waals surface area contributed by atoms with E-state index in [1.54, 1.807) is 29.7 Å². The Bertz CT molecular complexity index is 847. The van der Waals surface area contributed by atoms with E-state index in [1.165, 1.54) is 0 Å². The van der Waals surface area contributed by atoms with Crippen molar-refractivity contribution in [3.8, 4) is 16.6 Å². The molecule has 1 aromatic heterocycles. The van der Waals surface area contributed by atoms with Crippen molar-refractivity contribution in [2.24, 2.45) is 0 Å². The predicted molar refractivity (Wildman–Crippen MR) is 95.7 cm³/mol. The molecule has 24 heavy (non-hydrogen) atoms. The number of nitrogens with one attached hydrogen (secondary N) is 1. The molecule has 2 aromatic carbocycles. The van der Waals surface area contributed by atoms with Gasteiger partial charge in [-0.25, -0.2) is 4.98 Å². The van der Waals surface area contributed by atoms with E-state index in [0.717, 1.165) is 21.8 Å². The van der Waals surface area contributed by atoms with Gasteiger partial charge in [-0.3, -0.25) is 4.79 Å². The van der Waals surface area contributed by atoms with Crippen LogP contribution in [0, 0.1) is 11.3 Å². The first kappa shape index (κ1) is 15.9. The Hall–Kier alpha value is -2.97. The summed E-state index contributed by atoms with van der Waals surface area (Å²) in [4.78, 5) is 16.3. The van der Waals surface area contributed by atoms with E-state index in [-0.39, 0.29) is 5.91 Å². The van der Waals surface area contributed by atoms with Crippen molar-refractivity contribution < 1.29 is 4.79 Å². The highest BCUT2D eigenvalue weighted by molar-refractivity contribution is 7.13. The van der Waals surface area contributed by atoms with Crippen LogP contribution in [0.1, 0.15) is 17.5 Å². The average Bonchev–Trinajstić information content (AvgIpc) is 3.16. The number of nitriles is 1. The summed E-state index contributed by atoms with van der Waals surface area (Å²) in [6.45, 7) is 0. The number of aromatic nitrogens is 1. The first-order valence-electron chi connectivity index (χ1n) is 7.53. The van der Waals surface area contributed by atoms with Gasteiger partial charge in [-0.1, -0.05) is 12.1 Å². The molecule has 0 saturated carbocycles. The van der Waals surface area contributed by atoms with E-state index in [1.807, 2.05) is 41.8 Å². The highest BCUT2D eigenvalue weighted by atomic mass is 32.1. The fourth-order valence-electron chi connectivity index (χ4n) is 2.29. The Labute approximate surface area is 144 Å². The topological polar surface area (TPSA) is 65.8 Å². The van der Waals surface area contributed by atoms with Crippen LogP contribution in [0.15, 0.2) is 60.1 Å². The molecule has 1 heterocycles. The van der Waals surface area contributed by atoms with Gasteiger partial charge in [0.25, 0.3) is 0 Å². The minimum Gasteiger partial charge on any atom is -0.326 e. The second-order valence-corrected chi connectivity index (χ2v) is 6.17. The number of amides is 1. The lowest BCUT2D eigenvalue weighted by atomic mass is 10.1. The molecule has 1 N–H and O–H groups in total. The molecule has 0 aliphatic rings. The first-order chi connectivity index (χ1) is 11.7. The first-order valence-corrected chi connectivity index (χ1v) is 8.41. The van der Waals surface area contributed by atoms with E-state index in [2.05, 4.69) is 16.4 Å². The molecule has 3 aromatic rings. The number of aryl methyl sites for hydroxylation is 1. The molecule has 0 bridgehead atoms. The van der Waals surface area contributed by atoms with Crippen LogP contribution in [0.3, 0.4) is 0 Å². The Morgan fingerprint density at radius 2 is 1.88 bits per heavy atom. The number of anilines is 1. The van der Waals surface area contributed by atoms with Gasteiger partial charge in [0.15, 0.2) is 0 Å². The Morgan fingerprint density at radius 3 is 2.50 bits per heavy atom. The third-order valence-corrected chi connectivity index (χ3v) is 4.39. The minimum absolute atomic E-state index is 0.0265. The summed E-state index contributed by atoms with van der Waals surface area (Å²) in [5.74, 6) is -0.0265. The molecule has 3 rings (SSSR count). The van der Waals surface area contributed by atoms with E-state index in [0.29, 0.717) is 18.4 Å². The maximum Gasteiger partial charge on any atom is 0.224 e. The van der Waals surface area contributed by atoms with E-state index in [9.17, 15) is 4.79 Å². The average molecular weight is 333 g/mol. The molecular formula is C19H15N3OS. The second kappa shape index (κ2) is 7.53. The van der Waals surface area contributed by atoms with Crippen molar-refractivity contribution >= 4 is 22.9 Å². The molecule has 118 valence electrons. The lowest BCUT2D eigenvalue weighted by molar-refractivity contribution is -0.116. The zero-order chi connectivity index (χ0) is 16.8. The number of hydrogen-bond acceptors (Lipinski definition) is 4. The lowest BCUT2D eigenvalue weighted by Gasteiger charge is -2.06. The summed E-state index contributed by atoms with van der Waals surface area (Å²) in [6.07, 6.45) is 2.83. The number of benzene rings is 2. The molecule has 0 aliphatic heterocycles. The predicted octanol–water partition coefficient (Wildman–Crippen LogP) is 4.25. The Morgan fingerprint density at radius 1 is 1.12 bits per heavy atom. The van der Waals surface area contributed by atoms with E-state index < -0.39 is 0 Å². The molecule has 5 heteroatoms. The van der Waals surface area contributed by atoms with Gasteiger partial charge in [0, 0.05) is 29.2 Å². The monoisotopic (exact) mass is 333 g/mol. The molecule has 0 atom stereocenters. The third-order valence-electron chi connectivity index (χ3n) is 3.57. The number of carbonyl (C=O) groups excluding carboxylic acids is 1. The van der Waals surface area contributed by atoms with E-state index in [4.69, 9.17) is 5.26 Å². The van der Waals surface area contributed by atoms with Gasteiger partial charge in [-0.2, -0.15) is 5.26 Å². The van der Waals surface area contributed by atoms with Gasteiger partial charge >= 0.3 is 0 Å².